The molecule has 0 bridgehead atoms. The van der Waals surface area contributed by atoms with E-state index in [0.29, 0.717) is 11.1 Å². The summed E-state index contributed by atoms with van der Waals surface area (Å²) in [6, 6.07) is 9.73. The minimum atomic E-state index is -0.371. The predicted molar refractivity (Wildman–Crippen MR) is 58.8 cm³/mol. The molecule has 0 atom stereocenters. The molecule has 0 aliphatic carbocycles. The van der Waals surface area contributed by atoms with Crippen molar-refractivity contribution in [3.05, 3.63) is 48.0 Å². The Morgan fingerprint density at radius 1 is 1.19 bits per heavy atom. The molecular formula is C12H8FN3. The fourth-order valence-corrected chi connectivity index (χ4v) is 1.48. The first-order chi connectivity index (χ1) is 7.74. The Morgan fingerprint density at radius 2 is 1.94 bits per heavy atom. The molecule has 2 rings (SSSR count). The molecule has 2 N–H and O–H groups in total. The fourth-order valence-electron chi connectivity index (χ4n) is 1.48. The van der Waals surface area contributed by atoms with E-state index in [9.17, 15) is 4.39 Å². The van der Waals surface area contributed by atoms with Gasteiger partial charge in [0.25, 0.3) is 0 Å². The summed E-state index contributed by atoms with van der Waals surface area (Å²) in [7, 11) is 0. The van der Waals surface area contributed by atoms with Crippen molar-refractivity contribution >= 4 is 5.69 Å². The number of aromatic nitrogens is 1. The van der Waals surface area contributed by atoms with Gasteiger partial charge in [0.05, 0.1) is 5.69 Å². The lowest BCUT2D eigenvalue weighted by atomic mass is 10.0. The highest BCUT2D eigenvalue weighted by molar-refractivity contribution is 5.79. The average molecular weight is 213 g/mol. The van der Waals surface area contributed by atoms with Gasteiger partial charge in [-0.25, -0.2) is 9.37 Å². The number of nitrogens with two attached hydrogens (primary N) is 1. The lowest BCUT2D eigenvalue weighted by Gasteiger charge is -2.07. The normalized spacial score (nSPS) is 9.75. The maximum absolute atomic E-state index is 13.5. The van der Waals surface area contributed by atoms with E-state index in [4.69, 9.17) is 11.0 Å². The monoisotopic (exact) mass is 213 g/mol. The Balaban J connectivity index is 2.67. The molecule has 0 fully saturated rings. The topological polar surface area (TPSA) is 62.7 Å². The molecule has 16 heavy (non-hydrogen) atoms. The van der Waals surface area contributed by atoms with Crippen LogP contribution in [0.3, 0.4) is 0 Å². The van der Waals surface area contributed by atoms with Gasteiger partial charge in [0.1, 0.15) is 11.9 Å². The first kappa shape index (κ1) is 10.1. The SMILES string of the molecule is N#Cc1nccc(-c2ccccc2F)c1N. The van der Waals surface area contributed by atoms with Crippen LogP contribution in [0.1, 0.15) is 5.69 Å². The van der Waals surface area contributed by atoms with Crippen molar-refractivity contribution in [2.24, 2.45) is 0 Å². The van der Waals surface area contributed by atoms with E-state index in [1.165, 1.54) is 12.3 Å². The molecule has 3 nitrogen and oxygen atoms in total. The third-order valence-corrected chi connectivity index (χ3v) is 2.26. The Labute approximate surface area is 92.0 Å². The van der Waals surface area contributed by atoms with Crippen molar-refractivity contribution in [1.82, 2.24) is 4.98 Å². The second-order valence-corrected chi connectivity index (χ2v) is 3.21. The van der Waals surface area contributed by atoms with E-state index < -0.39 is 0 Å². The van der Waals surface area contributed by atoms with E-state index >= 15 is 0 Å². The number of anilines is 1. The van der Waals surface area contributed by atoms with Gasteiger partial charge in [-0.2, -0.15) is 5.26 Å². The third kappa shape index (κ3) is 1.59. The number of hydrogen-bond donors (Lipinski definition) is 1. The number of nitrogens with zero attached hydrogens (tertiary/aromatic N) is 2. The van der Waals surface area contributed by atoms with Gasteiger partial charge in [-0.15, -0.1) is 0 Å². The van der Waals surface area contributed by atoms with E-state index in [2.05, 4.69) is 4.98 Å². The lowest BCUT2D eigenvalue weighted by Crippen LogP contribution is -1.97. The van der Waals surface area contributed by atoms with E-state index in [-0.39, 0.29) is 17.2 Å². The molecule has 0 saturated heterocycles. The first-order valence-corrected chi connectivity index (χ1v) is 4.63. The predicted octanol–water partition coefficient (Wildman–Crippen LogP) is 2.34. The van der Waals surface area contributed by atoms with Gasteiger partial charge in [0, 0.05) is 17.3 Å². The van der Waals surface area contributed by atoms with Crippen molar-refractivity contribution in [2.75, 3.05) is 5.73 Å². The van der Waals surface area contributed by atoms with Crippen LogP contribution in [0.15, 0.2) is 36.5 Å². The van der Waals surface area contributed by atoms with Crippen LogP contribution in [0.2, 0.25) is 0 Å². The van der Waals surface area contributed by atoms with Gasteiger partial charge in [-0.1, -0.05) is 18.2 Å². The fraction of sp³-hybridized carbons (Fsp3) is 0. The number of nitriles is 1. The Bertz CT molecular complexity index is 573. The molecule has 0 saturated carbocycles. The largest absolute Gasteiger partial charge is 0.396 e. The zero-order valence-corrected chi connectivity index (χ0v) is 8.31. The number of hydrogen-bond acceptors (Lipinski definition) is 3. The summed E-state index contributed by atoms with van der Waals surface area (Å²) in [6.45, 7) is 0. The van der Waals surface area contributed by atoms with Crippen molar-refractivity contribution in [1.29, 1.82) is 5.26 Å². The Morgan fingerprint density at radius 3 is 2.62 bits per heavy atom. The molecule has 0 radical (unpaired) electrons. The van der Waals surface area contributed by atoms with Crippen LogP contribution in [0.25, 0.3) is 11.1 Å². The van der Waals surface area contributed by atoms with Gasteiger partial charge in [-0.05, 0) is 12.1 Å². The van der Waals surface area contributed by atoms with Gasteiger partial charge in [0.15, 0.2) is 5.69 Å². The minimum absolute atomic E-state index is 0.112. The summed E-state index contributed by atoms with van der Waals surface area (Å²) in [5.41, 5.74) is 6.92. The molecule has 4 heteroatoms. The number of pyridine rings is 1. The quantitative estimate of drug-likeness (QED) is 0.790. The standard InChI is InChI=1S/C12H8FN3/c13-10-4-2-1-3-8(10)9-5-6-16-11(7-14)12(9)15/h1-6H,15H2. The van der Waals surface area contributed by atoms with Gasteiger partial charge in [0.2, 0.25) is 0 Å². The Kier molecular flexibility index (Phi) is 2.52. The zero-order valence-electron chi connectivity index (χ0n) is 8.31. The third-order valence-electron chi connectivity index (χ3n) is 2.26. The summed E-state index contributed by atoms with van der Waals surface area (Å²) in [6.07, 6.45) is 1.44. The number of benzene rings is 1. The minimum Gasteiger partial charge on any atom is -0.396 e. The number of halogens is 1. The van der Waals surface area contributed by atoms with Crippen LogP contribution in [0.5, 0.6) is 0 Å². The number of nitrogen functional groups attached to an aromatic ring is 1. The van der Waals surface area contributed by atoms with Gasteiger partial charge in [-0.3, -0.25) is 0 Å². The highest BCUT2D eigenvalue weighted by atomic mass is 19.1. The summed E-state index contributed by atoms with van der Waals surface area (Å²) >= 11 is 0. The second-order valence-electron chi connectivity index (χ2n) is 3.21. The zero-order chi connectivity index (χ0) is 11.5. The highest BCUT2D eigenvalue weighted by Crippen LogP contribution is 2.28. The number of rotatable bonds is 1. The van der Waals surface area contributed by atoms with Crippen molar-refractivity contribution in [3.8, 4) is 17.2 Å². The van der Waals surface area contributed by atoms with Crippen LogP contribution < -0.4 is 5.73 Å². The molecule has 1 aromatic carbocycles. The van der Waals surface area contributed by atoms with Crippen molar-refractivity contribution < 1.29 is 4.39 Å². The van der Waals surface area contributed by atoms with Crippen molar-refractivity contribution in [3.63, 3.8) is 0 Å². The van der Waals surface area contributed by atoms with Gasteiger partial charge < -0.3 is 5.73 Å². The average Bonchev–Trinajstić information content (AvgIpc) is 2.31. The van der Waals surface area contributed by atoms with Crippen LogP contribution >= 0.6 is 0 Å². The van der Waals surface area contributed by atoms with Crippen LogP contribution in [0, 0.1) is 17.1 Å². The highest BCUT2D eigenvalue weighted by Gasteiger charge is 2.10. The Hall–Kier alpha value is -2.41. The molecule has 1 heterocycles. The molecule has 78 valence electrons. The summed E-state index contributed by atoms with van der Waals surface area (Å²) in [5, 5.41) is 8.77. The summed E-state index contributed by atoms with van der Waals surface area (Å²) in [4.78, 5) is 3.80. The van der Waals surface area contributed by atoms with Crippen LogP contribution in [-0.2, 0) is 0 Å². The molecule has 1 aromatic heterocycles. The van der Waals surface area contributed by atoms with Gasteiger partial charge >= 0.3 is 0 Å². The molecule has 0 aliphatic rings. The molecule has 0 amide bonds. The van der Waals surface area contributed by atoms with Crippen molar-refractivity contribution in [2.45, 2.75) is 0 Å². The second kappa shape index (κ2) is 3.99. The molecule has 0 spiro atoms. The lowest BCUT2D eigenvalue weighted by molar-refractivity contribution is 0.631. The molecule has 0 aliphatic heterocycles. The molecule has 0 unspecified atom stereocenters. The van der Waals surface area contributed by atoms with E-state index in [0.717, 1.165) is 0 Å². The summed E-state index contributed by atoms with van der Waals surface area (Å²) in [5.74, 6) is -0.371. The van der Waals surface area contributed by atoms with Crippen LogP contribution in [0.4, 0.5) is 10.1 Å². The summed E-state index contributed by atoms with van der Waals surface area (Å²) < 4.78 is 13.5. The van der Waals surface area contributed by atoms with E-state index in [1.807, 2.05) is 6.07 Å². The first-order valence-electron chi connectivity index (χ1n) is 4.63. The van der Waals surface area contributed by atoms with Crippen LogP contribution in [-0.4, -0.2) is 4.98 Å². The maximum atomic E-state index is 13.5. The maximum Gasteiger partial charge on any atom is 0.164 e. The smallest absolute Gasteiger partial charge is 0.164 e. The van der Waals surface area contributed by atoms with E-state index in [1.54, 1.807) is 24.3 Å². The molecule has 2 aromatic rings. The molecular weight excluding hydrogens is 205 g/mol.